The Kier molecular flexibility index (Phi) is 5.16. The van der Waals surface area contributed by atoms with E-state index >= 15 is 0 Å². The number of carbonyl (C=O) groups is 1. The van der Waals surface area contributed by atoms with E-state index < -0.39 is 0 Å². The lowest BCUT2D eigenvalue weighted by molar-refractivity contribution is -0.120. The van der Waals surface area contributed by atoms with Crippen molar-refractivity contribution in [1.29, 1.82) is 0 Å². The van der Waals surface area contributed by atoms with Gasteiger partial charge in [-0.3, -0.25) is 4.79 Å². The summed E-state index contributed by atoms with van der Waals surface area (Å²) >= 11 is 1.55. The smallest absolute Gasteiger partial charge is 0.220 e. The van der Waals surface area contributed by atoms with Crippen molar-refractivity contribution in [2.45, 2.75) is 12.8 Å². The van der Waals surface area contributed by atoms with Gasteiger partial charge in [0.25, 0.3) is 0 Å². The maximum absolute atomic E-state index is 11.7. The molecule has 5 nitrogen and oxygen atoms in total. The van der Waals surface area contributed by atoms with E-state index in [1.54, 1.807) is 16.8 Å². The molecule has 0 saturated carbocycles. The highest BCUT2D eigenvalue weighted by Crippen LogP contribution is 2.14. The first-order valence-corrected chi connectivity index (χ1v) is 8.49. The molecule has 0 unspecified atom stereocenters. The lowest BCUT2D eigenvalue weighted by Crippen LogP contribution is -2.29. The van der Waals surface area contributed by atoms with Crippen molar-refractivity contribution in [2.24, 2.45) is 0 Å². The molecule has 3 rings (SSSR count). The van der Waals surface area contributed by atoms with Gasteiger partial charge in [-0.05, 0) is 24.6 Å². The van der Waals surface area contributed by atoms with Crippen molar-refractivity contribution in [3.8, 4) is 0 Å². The fourth-order valence-corrected chi connectivity index (χ4v) is 2.84. The van der Waals surface area contributed by atoms with Crippen molar-refractivity contribution in [1.82, 2.24) is 15.3 Å². The number of nitrogens with zero attached hydrogens (tertiary/aromatic N) is 2. The second kappa shape index (κ2) is 7.69. The summed E-state index contributed by atoms with van der Waals surface area (Å²) in [7, 11) is 0. The summed E-state index contributed by atoms with van der Waals surface area (Å²) in [5.74, 6) is 0.867. The van der Waals surface area contributed by atoms with Crippen LogP contribution in [-0.4, -0.2) is 29.0 Å². The lowest BCUT2D eigenvalue weighted by Gasteiger charge is -2.08. The summed E-state index contributed by atoms with van der Waals surface area (Å²) in [4.78, 5) is 20.4. The highest BCUT2D eigenvalue weighted by atomic mass is 32.1. The van der Waals surface area contributed by atoms with Gasteiger partial charge in [0, 0.05) is 30.3 Å². The Labute approximate surface area is 138 Å². The monoisotopic (exact) mass is 326 g/mol. The number of benzene rings is 1. The first-order valence-electron chi connectivity index (χ1n) is 7.55. The molecule has 2 heterocycles. The quantitative estimate of drug-likeness (QED) is 0.655. The van der Waals surface area contributed by atoms with Gasteiger partial charge in [0.2, 0.25) is 5.91 Å². The van der Waals surface area contributed by atoms with Crippen LogP contribution in [0.2, 0.25) is 0 Å². The Hall–Kier alpha value is -2.47. The molecule has 3 aromatic rings. The standard InChI is InChI=1S/C17H18N4OS/c22-17(8-6-14-11-23-12-20-14)19-10-9-18-16-7-5-13-3-1-2-4-15(13)21-16/h1-5,7,11-12H,6,8-10H2,(H,18,21)(H,19,22). The fourth-order valence-electron chi connectivity index (χ4n) is 2.25. The Morgan fingerprint density at radius 3 is 2.91 bits per heavy atom. The first kappa shape index (κ1) is 15.4. The lowest BCUT2D eigenvalue weighted by atomic mass is 10.2. The van der Waals surface area contributed by atoms with Crippen LogP contribution in [0, 0.1) is 0 Å². The molecule has 2 aromatic heterocycles. The van der Waals surface area contributed by atoms with E-state index in [0.29, 0.717) is 25.9 Å². The van der Waals surface area contributed by atoms with Gasteiger partial charge in [-0.15, -0.1) is 11.3 Å². The maximum atomic E-state index is 11.7. The van der Waals surface area contributed by atoms with E-state index in [9.17, 15) is 4.79 Å². The number of carbonyl (C=O) groups excluding carboxylic acids is 1. The van der Waals surface area contributed by atoms with Gasteiger partial charge >= 0.3 is 0 Å². The molecule has 1 amide bonds. The minimum atomic E-state index is 0.0475. The summed E-state index contributed by atoms with van der Waals surface area (Å²) in [6.07, 6.45) is 1.16. The molecule has 0 spiro atoms. The van der Waals surface area contributed by atoms with Crippen LogP contribution in [0.3, 0.4) is 0 Å². The average Bonchev–Trinajstić information content (AvgIpc) is 3.10. The summed E-state index contributed by atoms with van der Waals surface area (Å²) < 4.78 is 0. The minimum absolute atomic E-state index is 0.0475. The first-order chi connectivity index (χ1) is 11.3. The van der Waals surface area contributed by atoms with Crippen LogP contribution in [0.25, 0.3) is 10.9 Å². The van der Waals surface area contributed by atoms with Crippen molar-refractivity contribution in [3.05, 3.63) is 53.0 Å². The third-order valence-corrected chi connectivity index (χ3v) is 4.08. The van der Waals surface area contributed by atoms with Crippen LogP contribution < -0.4 is 10.6 Å². The van der Waals surface area contributed by atoms with Gasteiger partial charge in [0.05, 0.1) is 16.7 Å². The number of aryl methyl sites for hydroxylation is 1. The number of pyridine rings is 1. The Bertz CT molecular complexity index is 773. The third-order valence-electron chi connectivity index (χ3n) is 3.44. The van der Waals surface area contributed by atoms with Crippen LogP contribution in [-0.2, 0) is 11.2 Å². The summed E-state index contributed by atoms with van der Waals surface area (Å²) in [5, 5.41) is 9.22. The van der Waals surface area contributed by atoms with E-state index in [1.165, 1.54) is 0 Å². The zero-order valence-corrected chi connectivity index (χ0v) is 13.5. The van der Waals surface area contributed by atoms with Gasteiger partial charge < -0.3 is 10.6 Å². The van der Waals surface area contributed by atoms with Crippen LogP contribution in [0.15, 0.2) is 47.3 Å². The molecule has 6 heteroatoms. The molecule has 0 bridgehead atoms. The van der Waals surface area contributed by atoms with E-state index in [2.05, 4.69) is 20.6 Å². The van der Waals surface area contributed by atoms with Gasteiger partial charge in [0.1, 0.15) is 5.82 Å². The van der Waals surface area contributed by atoms with Crippen molar-refractivity contribution in [2.75, 3.05) is 18.4 Å². The SMILES string of the molecule is O=C(CCc1cscn1)NCCNc1ccc2ccccc2n1. The Morgan fingerprint density at radius 2 is 2.04 bits per heavy atom. The molecule has 0 saturated heterocycles. The molecule has 0 fully saturated rings. The van der Waals surface area contributed by atoms with Gasteiger partial charge in [0.15, 0.2) is 0 Å². The average molecular weight is 326 g/mol. The largest absolute Gasteiger partial charge is 0.368 e. The number of hydrogen-bond acceptors (Lipinski definition) is 5. The van der Waals surface area contributed by atoms with E-state index in [1.807, 2.05) is 41.8 Å². The molecule has 2 N–H and O–H groups in total. The number of aromatic nitrogens is 2. The second-order valence-corrected chi connectivity index (χ2v) is 5.86. The predicted molar refractivity (Wildman–Crippen MR) is 93.7 cm³/mol. The number of thiazole rings is 1. The zero-order chi connectivity index (χ0) is 15.9. The molecule has 0 aliphatic heterocycles. The number of amides is 1. The number of hydrogen-bond donors (Lipinski definition) is 2. The normalized spacial score (nSPS) is 10.6. The van der Waals surface area contributed by atoms with Crippen LogP contribution in [0.5, 0.6) is 0 Å². The molecule has 0 atom stereocenters. The van der Waals surface area contributed by atoms with Crippen LogP contribution >= 0.6 is 11.3 Å². The number of nitrogens with one attached hydrogen (secondary N) is 2. The second-order valence-electron chi connectivity index (χ2n) is 5.15. The number of anilines is 1. The Balaban J connectivity index is 1.39. The predicted octanol–water partition coefficient (Wildman–Crippen LogP) is 2.85. The third kappa shape index (κ3) is 4.50. The zero-order valence-electron chi connectivity index (χ0n) is 12.7. The van der Waals surface area contributed by atoms with E-state index in [0.717, 1.165) is 22.4 Å². The molecule has 0 radical (unpaired) electrons. The van der Waals surface area contributed by atoms with Crippen molar-refractivity contribution < 1.29 is 4.79 Å². The van der Waals surface area contributed by atoms with Gasteiger partial charge in [-0.1, -0.05) is 18.2 Å². The molecular formula is C17H18N4OS. The summed E-state index contributed by atoms with van der Waals surface area (Å²) in [6, 6.07) is 12.0. The van der Waals surface area contributed by atoms with Crippen LogP contribution in [0.1, 0.15) is 12.1 Å². The molecular weight excluding hydrogens is 308 g/mol. The fraction of sp³-hybridized carbons (Fsp3) is 0.235. The van der Waals surface area contributed by atoms with Crippen LogP contribution in [0.4, 0.5) is 5.82 Å². The minimum Gasteiger partial charge on any atom is -0.368 e. The van der Waals surface area contributed by atoms with Crippen molar-refractivity contribution in [3.63, 3.8) is 0 Å². The highest BCUT2D eigenvalue weighted by molar-refractivity contribution is 7.07. The van der Waals surface area contributed by atoms with E-state index in [-0.39, 0.29) is 5.91 Å². The van der Waals surface area contributed by atoms with Gasteiger partial charge in [-0.25, -0.2) is 9.97 Å². The number of fused-ring (bicyclic) bond motifs is 1. The molecule has 118 valence electrons. The molecule has 0 aliphatic rings. The Morgan fingerprint density at radius 1 is 1.13 bits per heavy atom. The maximum Gasteiger partial charge on any atom is 0.220 e. The molecule has 0 aliphatic carbocycles. The highest BCUT2D eigenvalue weighted by Gasteiger charge is 2.03. The summed E-state index contributed by atoms with van der Waals surface area (Å²) in [6.45, 7) is 1.22. The molecule has 1 aromatic carbocycles. The van der Waals surface area contributed by atoms with Gasteiger partial charge in [-0.2, -0.15) is 0 Å². The summed E-state index contributed by atoms with van der Waals surface area (Å²) in [5.41, 5.74) is 3.72. The molecule has 23 heavy (non-hydrogen) atoms. The number of rotatable bonds is 7. The van der Waals surface area contributed by atoms with Crippen molar-refractivity contribution >= 4 is 34.0 Å². The topological polar surface area (TPSA) is 66.9 Å². The number of para-hydroxylation sites is 1. The van der Waals surface area contributed by atoms with E-state index in [4.69, 9.17) is 0 Å².